The fourth-order valence-electron chi connectivity index (χ4n) is 2.38. The van der Waals surface area contributed by atoms with Gasteiger partial charge < -0.3 is 5.32 Å². The van der Waals surface area contributed by atoms with E-state index in [0.717, 1.165) is 17.9 Å². The maximum Gasteiger partial charge on any atom is 0.246 e. The Morgan fingerprint density at radius 2 is 2.41 bits per heavy atom. The number of carbonyl (C=O) groups excluding carboxylic acids is 1. The molecule has 1 atom stereocenters. The minimum Gasteiger partial charge on any atom is -0.316 e. The third kappa shape index (κ3) is 2.84. The highest BCUT2D eigenvalue weighted by Gasteiger charge is 2.29. The number of hydrogen-bond donors (Lipinski definition) is 1. The van der Waals surface area contributed by atoms with Crippen LogP contribution in [0.5, 0.6) is 0 Å². The summed E-state index contributed by atoms with van der Waals surface area (Å²) in [7, 11) is 0. The minimum absolute atomic E-state index is 0.193. The first kappa shape index (κ1) is 14.6. The molecule has 7 heteroatoms. The van der Waals surface area contributed by atoms with Crippen LogP contribution in [-0.4, -0.2) is 24.0 Å². The zero-order valence-corrected chi connectivity index (χ0v) is 12.4. The lowest BCUT2D eigenvalue weighted by Gasteiger charge is -2.14. The fourth-order valence-corrected chi connectivity index (χ4v) is 3.25. The van der Waals surface area contributed by atoms with E-state index in [0.29, 0.717) is 22.1 Å². The Kier molecular flexibility index (Phi) is 4.13. The fraction of sp³-hybridized carbons (Fsp3) is 0.267. The van der Waals surface area contributed by atoms with Gasteiger partial charge in [0.25, 0.3) is 0 Å². The maximum absolute atomic E-state index is 13.3. The van der Waals surface area contributed by atoms with Crippen LogP contribution in [0, 0.1) is 23.2 Å². The van der Waals surface area contributed by atoms with Gasteiger partial charge in [0.2, 0.25) is 11.0 Å². The molecule has 1 aromatic heterocycles. The van der Waals surface area contributed by atoms with Crippen molar-refractivity contribution >= 4 is 22.4 Å². The van der Waals surface area contributed by atoms with E-state index < -0.39 is 0 Å². The van der Waals surface area contributed by atoms with Crippen LogP contribution in [0.1, 0.15) is 6.42 Å². The van der Waals surface area contributed by atoms with Crippen LogP contribution in [0.3, 0.4) is 0 Å². The van der Waals surface area contributed by atoms with Gasteiger partial charge in [0.05, 0.1) is 10.8 Å². The second-order valence-electron chi connectivity index (χ2n) is 4.98. The number of rotatable bonds is 3. The van der Waals surface area contributed by atoms with Gasteiger partial charge in [-0.05, 0) is 30.7 Å². The normalized spacial score (nSPS) is 17.2. The number of nitriles is 1. The summed E-state index contributed by atoms with van der Waals surface area (Å²) in [6, 6.07) is 6.14. The number of nitrogens with zero attached hydrogens (tertiary/aromatic N) is 3. The lowest BCUT2D eigenvalue weighted by Crippen LogP contribution is -2.33. The molecule has 1 aliphatic rings. The molecule has 2 heterocycles. The summed E-state index contributed by atoms with van der Waals surface area (Å²) >= 11 is 1.20. The van der Waals surface area contributed by atoms with Gasteiger partial charge in [-0.3, -0.25) is 4.79 Å². The molecule has 1 aliphatic heterocycles. The van der Waals surface area contributed by atoms with Crippen LogP contribution in [0.4, 0.5) is 9.52 Å². The molecule has 0 aliphatic carbocycles. The minimum atomic E-state index is -0.335. The van der Waals surface area contributed by atoms with Crippen molar-refractivity contribution < 1.29 is 9.18 Å². The molecule has 112 valence electrons. The topological polar surface area (TPSA) is 69.0 Å². The van der Waals surface area contributed by atoms with E-state index in [9.17, 15) is 14.4 Å². The van der Waals surface area contributed by atoms with Crippen LogP contribution in [-0.2, 0) is 4.79 Å². The molecule has 22 heavy (non-hydrogen) atoms. The predicted octanol–water partition coefficient (Wildman–Crippen LogP) is 2.37. The molecule has 1 saturated heterocycles. The Morgan fingerprint density at radius 1 is 1.55 bits per heavy atom. The zero-order chi connectivity index (χ0) is 15.5. The Hall–Kier alpha value is -2.30. The first-order chi connectivity index (χ1) is 10.7. The van der Waals surface area contributed by atoms with Crippen molar-refractivity contribution in [2.24, 2.45) is 5.92 Å². The smallest absolute Gasteiger partial charge is 0.246 e. The zero-order valence-electron chi connectivity index (χ0n) is 11.6. The van der Waals surface area contributed by atoms with Gasteiger partial charge in [-0.2, -0.15) is 10.2 Å². The summed E-state index contributed by atoms with van der Waals surface area (Å²) in [5, 5.41) is 12.7. The van der Waals surface area contributed by atoms with Gasteiger partial charge in [0, 0.05) is 12.7 Å². The molecule has 0 spiro atoms. The largest absolute Gasteiger partial charge is 0.316 e. The van der Waals surface area contributed by atoms with Crippen molar-refractivity contribution in [1.29, 1.82) is 5.26 Å². The molecule has 0 bridgehead atoms. The third-order valence-electron chi connectivity index (χ3n) is 3.52. The predicted molar refractivity (Wildman–Crippen MR) is 81.6 cm³/mol. The standard InChI is InChI=1S/C15H13FN4OS/c16-12-3-1-2-10(6-12)13-8-19-15(22-13)20(9-17)14(21)11-4-5-18-7-11/h1-3,6,8,11,18H,4-5,7H2. The number of benzene rings is 1. The molecule has 0 radical (unpaired) electrons. The second kappa shape index (κ2) is 6.22. The van der Waals surface area contributed by atoms with Crippen molar-refractivity contribution in [3.05, 3.63) is 36.3 Å². The van der Waals surface area contributed by atoms with E-state index in [1.54, 1.807) is 18.3 Å². The molecule has 1 N–H and O–H groups in total. The van der Waals surface area contributed by atoms with Gasteiger partial charge in [0.15, 0.2) is 6.19 Å². The molecular weight excluding hydrogens is 303 g/mol. The molecule has 2 aromatic rings. The first-order valence-electron chi connectivity index (χ1n) is 6.85. The second-order valence-corrected chi connectivity index (χ2v) is 5.99. The van der Waals surface area contributed by atoms with Crippen molar-refractivity contribution in [3.63, 3.8) is 0 Å². The highest BCUT2D eigenvalue weighted by Crippen LogP contribution is 2.32. The number of amides is 1. The Bertz CT molecular complexity index is 733. The van der Waals surface area contributed by atoms with Gasteiger partial charge in [-0.15, -0.1) is 0 Å². The number of aromatic nitrogens is 1. The summed E-state index contributed by atoms with van der Waals surface area (Å²) in [6.45, 7) is 1.36. The van der Waals surface area contributed by atoms with Crippen LogP contribution >= 0.6 is 11.3 Å². The van der Waals surface area contributed by atoms with E-state index in [4.69, 9.17) is 0 Å². The lowest BCUT2D eigenvalue weighted by molar-refractivity contribution is -0.121. The van der Waals surface area contributed by atoms with E-state index in [1.807, 2.05) is 6.19 Å². The SMILES string of the molecule is N#CN(C(=O)C1CCNC1)c1ncc(-c2cccc(F)c2)s1. The summed E-state index contributed by atoms with van der Waals surface area (Å²) in [4.78, 5) is 18.2. The summed E-state index contributed by atoms with van der Waals surface area (Å²) < 4.78 is 13.3. The van der Waals surface area contributed by atoms with Crippen molar-refractivity contribution in [2.75, 3.05) is 18.0 Å². The molecule has 1 unspecified atom stereocenters. The highest BCUT2D eigenvalue weighted by molar-refractivity contribution is 7.19. The third-order valence-corrected chi connectivity index (χ3v) is 4.56. The van der Waals surface area contributed by atoms with Crippen LogP contribution in [0.2, 0.25) is 0 Å². The quantitative estimate of drug-likeness (QED) is 0.697. The Morgan fingerprint density at radius 3 is 3.09 bits per heavy atom. The van der Waals surface area contributed by atoms with E-state index in [-0.39, 0.29) is 17.6 Å². The molecular formula is C15H13FN4OS. The van der Waals surface area contributed by atoms with Gasteiger partial charge in [0.1, 0.15) is 5.82 Å². The summed E-state index contributed by atoms with van der Waals surface area (Å²) in [5.41, 5.74) is 0.677. The monoisotopic (exact) mass is 316 g/mol. The van der Waals surface area contributed by atoms with Crippen molar-refractivity contribution in [2.45, 2.75) is 6.42 Å². The Labute approximate surface area is 131 Å². The summed E-state index contributed by atoms with van der Waals surface area (Å²) in [6.07, 6.45) is 4.18. The summed E-state index contributed by atoms with van der Waals surface area (Å²) in [5.74, 6) is -0.772. The number of hydrogen-bond acceptors (Lipinski definition) is 5. The van der Waals surface area contributed by atoms with Gasteiger partial charge in [-0.1, -0.05) is 23.5 Å². The van der Waals surface area contributed by atoms with Gasteiger partial charge >= 0.3 is 0 Å². The average molecular weight is 316 g/mol. The molecule has 1 fully saturated rings. The van der Waals surface area contributed by atoms with Crippen LogP contribution < -0.4 is 10.2 Å². The van der Waals surface area contributed by atoms with Crippen LogP contribution in [0.25, 0.3) is 10.4 Å². The molecule has 5 nitrogen and oxygen atoms in total. The van der Waals surface area contributed by atoms with Gasteiger partial charge in [-0.25, -0.2) is 9.37 Å². The van der Waals surface area contributed by atoms with Crippen LogP contribution in [0.15, 0.2) is 30.5 Å². The molecule has 1 aromatic carbocycles. The van der Waals surface area contributed by atoms with Crippen molar-refractivity contribution in [3.8, 4) is 16.6 Å². The van der Waals surface area contributed by atoms with E-state index in [2.05, 4.69) is 10.3 Å². The lowest BCUT2D eigenvalue weighted by atomic mass is 10.1. The number of nitrogens with one attached hydrogen (secondary N) is 1. The number of carbonyl (C=O) groups is 1. The number of anilines is 1. The van der Waals surface area contributed by atoms with Crippen molar-refractivity contribution in [1.82, 2.24) is 10.3 Å². The van der Waals surface area contributed by atoms with E-state index >= 15 is 0 Å². The Balaban J connectivity index is 1.85. The highest BCUT2D eigenvalue weighted by atomic mass is 32.1. The molecule has 3 rings (SSSR count). The van der Waals surface area contributed by atoms with E-state index in [1.165, 1.54) is 23.5 Å². The molecule has 0 saturated carbocycles. The number of thiazole rings is 1. The first-order valence-corrected chi connectivity index (χ1v) is 7.67. The maximum atomic E-state index is 13.3. The number of halogens is 1. The molecule has 1 amide bonds. The average Bonchev–Trinajstić information content (AvgIpc) is 3.20.